The normalized spacial score (nSPS) is 13.7. The van der Waals surface area contributed by atoms with Gasteiger partial charge in [-0.1, -0.05) is 0 Å². The van der Waals surface area contributed by atoms with Crippen molar-refractivity contribution in [2.45, 2.75) is 11.8 Å². The van der Waals surface area contributed by atoms with Gasteiger partial charge in [-0.05, 0) is 0 Å². The van der Waals surface area contributed by atoms with Crippen LogP contribution in [-0.4, -0.2) is 0 Å². The Bertz CT molecular complexity index is 820. The molecule has 0 bridgehead atoms. The zero-order valence-corrected chi connectivity index (χ0v) is 18.3. The van der Waals surface area contributed by atoms with Crippen LogP contribution in [0.4, 0.5) is 0 Å². The first-order chi connectivity index (χ1) is 13.7. The van der Waals surface area contributed by atoms with Crippen molar-refractivity contribution in [1.29, 1.82) is 0 Å². The van der Waals surface area contributed by atoms with E-state index in [1.54, 1.807) is 0 Å². The Balaban J connectivity index is 2.44. The van der Waals surface area contributed by atoms with E-state index >= 15 is 0 Å². The minimum atomic E-state index is -2.32. The number of allylic oxidation sites excluding steroid dienone is 3. The second kappa shape index (κ2) is 9.84. The van der Waals surface area contributed by atoms with E-state index in [9.17, 15) is 0 Å². The van der Waals surface area contributed by atoms with E-state index in [1.165, 1.54) is 15.9 Å². The van der Waals surface area contributed by atoms with E-state index in [4.69, 9.17) is 0 Å². The molecule has 3 aromatic carbocycles. The summed E-state index contributed by atoms with van der Waals surface area (Å²) in [6, 6.07) is 33.3. The van der Waals surface area contributed by atoms with Crippen LogP contribution < -0.4 is 15.9 Å². The number of rotatable bonds is 8. The van der Waals surface area contributed by atoms with Gasteiger partial charge in [0.1, 0.15) is 0 Å². The third-order valence-corrected chi connectivity index (χ3v) is 17.6. The number of hydrogen-bond acceptors (Lipinski definition) is 0. The zero-order chi connectivity index (χ0) is 19.8. The SMILES string of the molecule is C=CC=[CH][Co]([CH](C)C=C)[PH](c1ccccc1)(c1ccccc1)c1ccccc1. The molecule has 0 N–H and O–H groups in total. The maximum absolute atomic E-state index is 4.16. The molecule has 1 unspecified atom stereocenters. The van der Waals surface area contributed by atoms with Crippen LogP contribution >= 0.6 is 5.99 Å². The third-order valence-electron chi connectivity index (χ3n) is 4.73. The van der Waals surface area contributed by atoms with Crippen molar-refractivity contribution >= 4 is 21.9 Å². The molecule has 146 valence electrons. The first-order valence-corrected chi connectivity index (χ1v) is 14.0. The number of hydrogen-bond donors (Lipinski definition) is 0. The van der Waals surface area contributed by atoms with E-state index in [2.05, 4.69) is 128 Å². The standard InChI is InChI=1S/C18H15P.C4H7.C4H5.Co/c1-4-10-16(11-5-1)19(17-12-6-2-7-13-17)18-14-8-3-9-15-18;2*1-3-4-2;/h1-15H;3-4H,1H2,2H3;1,3-4H,2H2;/q;;;-1/p+1. The molecule has 0 aliphatic heterocycles. The molecule has 0 aromatic heterocycles. The summed E-state index contributed by atoms with van der Waals surface area (Å²) in [7, 11) is 0. The van der Waals surface area contributed by atoms with Crippen molar-refractivity contribution in [3.8, 4) is 0 Å². The topological polar surface area (TPSA) is 0 Å². The second-order valence-electron chi connectivity index (χ2n) is 6.44. The van der Waals surface area contributed by atoms with Crippen LogP contribution in [0, 0.1) is 0 Å². The monoisotopic (exact) mass is 430 g/mol. The van der Waals surface area contributed by atoms with Gasteiger partial charge in [0.2, 0.25) is 0 Å². The average molecular weight is 430 g/mol. The van der Waals surface area contributed by atoms with Gasteiger partial charge in [-0.2, -0.15) is 0 Å². The third kappa shape index (κ3) is 3.98. The molecule has 2 heteroatoms. The number of benzene rings is 3. The van der Waals surface area contributed by atoms with Gasteiger partial charge >= 0.3 is 174 Å². The molecule has 0 saturated carbocycles. The van der Waals surface area contributed by atoms with Crippen molar-refractivity contribution in [3.05, 3.63) is 127 Å². The summed E-state index contributed by atoms with van der Waals surface area (Å²) >= 11 is -0.505. The molecule has 28 heavy (non-hydrogen) atoms. The second-order valence-corrected chi connectivity index (χ2v) is 15.6. The summed E-state index contributed by atoms with van der Waals surface area (Å²) < 4.78 is 0. The summed E-state index contributed by atoms with van der Waals surface area (Å²) in [5.74, 6) is -2.32. The van der Waals surface area contributed by atoms with Crippen LogP contribution in [0.2, 0.25) is 4.85 Å². The fraction of sp³-hybridized carbons (Fsp3) is 0.0769. The molecule has 0 heterocycles. The molecule has 0 fully saturated rings. The van der Waals surface area contributed by atoms with E-state index in [0.717, 1.165) is 0 Å². The van der Waals surface area contributed by atoms with Crippen LogP contribution in [0.3, 0.4) is 0 Å². The van der Waals surface area contributed by atoms with E-state index in [0.29, 0.717) is 4.85 Å². The Morgan fingerprint density at radius 2 is 1.11 bits per heavy atom. The van der Waals surface area contributed by atoms with Crippen molar-refractivity contribution < 1.29 is 13.2 Å². The van der Waals surface area contributed by atoms with Crippen molar-refractivity contribution in [1.82, 2.24) is 0 Å². The Morgan fingerprint density at radius 1 is 0.714 bits per heavy atom. The van der Waals surface area contributed by atoms with Crippen LogP contribution in [0.25, 0.3) is 0 Å². The van der Waals surface area contributed by atoms with Crippen molar-refractivity contribution in [2.24, 2.45) is 0 Å². The van der Waals surface area contributed by atoms with Gasteiger partial charge in [-0.3, -0.25) is 0 Å². The molecule has 0 saturated heterocycles. The van der Waals surface area contributed by atoms with E-state index in [1.807, 2.05) is 6.08 Å². The van der Waals surface area contributed by atoms with Crippen molar-refractivity contribution in [2.75, 3.05) is 0 Å². The van der Waals surface area contributed by atoms with E-state index in [-0.39, 0.29) is 0 Å². The quantitative estimate of drug-likeness (QED) is 0.236. The summed E-state index contributed by atoms with van der Waals surface area (Å²) in [5, 5.41) is 6.74. The van der Waals surface area contributed by atoms with Gasteiger partial charge in [0, 0.05) is 0 Å². The average Bonchev–Trinajstić information content (AvgIpc) is 2.78. The fourth-order valence-electron chi connectivity index (χ4n) is 3.43. The summed E-state index contributed by atoms with van der Waals surface area (Å²) in [6.07, 6.45) is 6.14. The molecule has 0 spiro atoms. The van der Waals surface area contributed by atoms with Crippen LogP contribution in [0.5, 0.6) is 0 Å². The van der Waals surface area contributed by atoms with Gasteiger partial charge in [-0.25, -0.2) is 0 Å². The molecule has 0 radical (unpaired) electrons. The van der Waals surface area contributed by atoms with Gasteiger partial charge in [-0.15, -0.1) is 0 Å². The summed E-state index contributed by atoms with van der Waals surface area (Å²) in [4.78, 5) is 0.385. The van der Waals surface area contributed by atoms with Crippen molar-refractivity contribution in [3.63, 3.8) is 0 Å². The van der Waals surface area contributed by atoms with Gasteiger partial charge in [0.15, 0.2) is 0 Å². The van der Waals surface area contributed by atoms with Crippen LogP contribution in [0.15, 0.2) is 127 Å². The first-order valence-electron chi connectivity index (χ1n) is 9.43. The predicted octanol–water partition coefficient (Wildman–Crippen LogP) is 5.94. The Morgan fingerprint density at radius 3 is 1.43 bits per heavy atom. The van der Waals surface area contributed by atoms with Gasteiger partial charge in [0.05, 0.1) is 0 Å². The van der Waals surface area contributed by atoms with Gasteiger partial charge < -0.3 is 0 Å². The molecule has 3 rings (SSSR count). The molecular formula is C26H28CoP. The molecule has 0 amide bonds. The van der Waals surface area contributed by atoms with Crippen LogP contribution in [-0.2, 0) is 13.2 Å². The van der Waals surface area contributed by atoms with E-state index < -0.39 is 19.2 Å². The fourth-order valence-corrected chi connectivity index (χ4v) is 16.8. The Labute approximate surface area is 174 Å². The predicted molar refractivity (Wildman–Crippen MR) is 126 cm³/mol. The Hall–Kier alpha value is -2.18. The summed E-state index contributed by atoms with van der Waals surface area (Å²) in [6.45, 7) is 10.4. The molecule has 0 aliphatic carbocycles. The molecule has 0 nitrogen and oxygen atoms in total. The Kier molecular flexibility index (Phi) is 7.22. The first kappa shape index (κ1) is 20.5. The zero-order valence-electron chi connectivity index (χ0n) is 16.3. The van der Waals surface area contributed by atoms with Crippen LogP contribution in [0.1, 0.15) is 6.92 Å². The molecule has 0 aliphatic rings. The van der Waals surface area contributed by atoms with Gasteiger partial charge in [0.25, 0.3) is 0 Å². The molecule has 1 atom stereocenters. The molecular weight excluding hydrogens is 402 g/mol. The maximum atomic E-state index is 4.16. The molecule has 3 aromatic rings. The minimum absolute atomic E-state index is 0.385. The summed E-state index contributed by atoms with van der Waals surface area (Å²) in [5.41, 5.74) is 0.